The van der Waals surface area contributed by atoms with E-state index in [0.29, 0.717) is 41.3 Å². The van der Waals surface area contributed by atoms with Gasteiger partial charge in [-0.1, -0.05) is 0 Å². The summed E-state index contributed by atoms with van der Waals surface area (Å²) in [4.78, 5) is 23.0. The minimum absolute atomic E-state index is 0.296. The third kappa shape index (κ3) is 3.84. The fourth-order valence-corrected chi connectivity index (χ4v) is 3.77. The molecule has 0 aliphatic carbocycles. The zero-order valence-corrected chi connectivity index (χ0v) is 14.2. The number of imidazole rings is 1. The molecule has 0 spiro atoms. The molecule has 0 amide bonds. The number of rotatable bonds is 7. The van der Waals surface area contributed by atoms with Gasteiger partial charge in [-0.3, -0.25) is 9.36 Å². The van der Waals surface area contributed by atoms with Gasteiger partial charge in [0, 0.05) is 12.2 Å². The molecule has 1 fully saturated rings. The maximum absolute atomic E-state index is 10.7. The van der Waals surface area contributed by atoms with Crippen molar-refractivity contribution in [2.75, 3.05) is 17.2 Å². The number of carboxylic acid groups (broad SMARTS) is 1. The van der Waals surface area contributed by atoms with E-state index in [9.17, 15) is 9.90 Å². The normalized spacial score (nSPS) is 24.6. The maximum atomic E-state index is 10.7. The molecule has 0 saturated carbocycles. The average Bonchev–Trinajstić information content (AvgIpc) is 3.16. The van der Waals surface area contributed by atoms with Gasteiger partial charge in [-0.15, -0.1) is 0 Å². The van der Waals surface area contributed by atoms with Crippen LogP contribution in [0.25, 0.3) is 11.2 Å². The first-order valence-electron chi connectivity index (χ1n) is 7.80. The van der Waals surface area contributed by atoms with Gasteiger partial charge in [-0.05, 0) is 12.2 Å². The number of anilines is 1. The third-order valence-electron chi connectivity index (χ3n) is 4.07. The Labute approximate surface area is 147 Å². The molecule has 3 heterocycles. The molecule has 11 heteroatoms. The molecule has 10 nitrogen and oxygen atoms in total. The molecule has 0 aromatic carbocycles. The number of ether oxygens (including phenoxy) is 1. The van der Waals surface area contributed by atoms with Gasteiger partial charge in [0.1, 0.15) is 24.1 Å². The number of nitrogen functional groups attached to an aromatic ring is 1. The number of aliphatic hydroxyl groups is 1. The lowest BCUT2D eigenvalue weighted by molar-refractivity contribution is -0.138. The van der Waals surface area contributed by atoms with Crippen LogP contribution in [0.4, 0.5) is 5.82 Å². The Balaban J connectivity index is 1.58. The number of nitrogens with two attached hydrogens (primary N) is 2. The van der Waals surface area contributed by atoms with Crippen LogP contribution in [0.2, 0.25) is 0 Å². The lowest BCUT2D eigenvalue weighted by Crippen LogP contribution is -2.31. The first-order valence-corrected chi connectivity index (χ1v) is 8.95. The molecular formula is C14H20N6O4S. The number of aliphatic carboxylic acids is 1. The van der Waals surface area contributed by atoms with Crippen LogP contribution < -0.4 is 11.5 Å². The van der Waals surface area contributed by atoms with E-state index in [-0.39, 0.29) is 12.3 Å². The number of carboxylic acids is 1. The van der Waals surface area contributed by atoms with Crippen LogP contribution in [0.15, 0.2) is 12.7 Å². The molecular weight excluding hydrogens is 348 g/mol. The molecule has 6 N–H and O–H groups in total. The van der Waals surface area contributed by atoms with E-state index in [1.165, 1.54) is 18.1 Å². The Morgan fingerprint density at radius 1 is 1.48 bits per heavy atom. The minimum atomic E-state index is -1.01. The summed E-state index contributed by atoms with van der Waals surface area (Å²) in [6.07, 6.45) is 2.36. The van der Waals surface area contributed by atoms with Crippen molar-refractivity contribution in [2.45, 2.75) is 37.3 Å². The molecule has 3 rings (SSSR count). The maximum Gasteiger partial charge on any atom is 0.320 e. The molecule has 1 unspecified atom stereocenters. The summed E-state index contributed by atoms with van der Waals surface area (Å²) in [6.45, 7) is 0. The van der Waals surface area contributed by atoms with E-state index in [4.69, 9.17) is 21.3 Å². The summed E-state index contributed by atoms with van der Waals surface area (Å²) in [5.41, 5.74) is 12.3. The number of hydrogen-bond acceptors (Lipinski definition) is 9. The van der Waals surface area contributed by atoms with E-state index in [1.54, 1.807) is 10.9 Å². The lowest BCUT2D eigenvalue weighted by Gasteiger charge is -2.15. The molecule has 25 heavy (non-hydrogen) atoms. The van der Waals surface area contributed by atoms with Gasteiger partial charge in [-0.2, -0.15) is 11.8 Å². The van der Waals surface area contributed by atoms with Crippen molar-refractivity contribution in [1.29, 1.82) is 0 Å². The highest BCUT2D eigenvalue weighted by molar-refractivity contribution is 7.99. The van der Waals surface area contributed by atoms with E-state index in [0.717, 1.165) is 0 Å². The van der Waals surface area contributed by atoms with E-state index in [1.807, 2.05) is 0 Å². The second kappa shape index (κ2) is 7.52. The van der Waals surface area contributed by atoms with Crippen molar-refractivity contribution >= 4 is 34.7 Å². The highest BCUT2D eigenvalue weighted by Crippen LogP contribution is 2.32. The topological polar surface area (TPSA) is 162 Å². The summed E-state index contributed by atoms with van der Waals surface area (Å²) in [5.74, 6) is 0.422. The van der Waals surface area contributed by atoms with Gasteiger partial charge in [-0.25, -0.2) is 15.0 Å². The predicted molar refractivity (Wildman–Crippen MR) is 91.8 cm³/mol. The van der Waals surface area contributed by atoms with Gasteiger partial charge in [0.2, 0.25) is 0 Å². The van der Waals surface area contributed by atoms with Gasteiger partial charge in [0.05, 0.1) is 18.5 Å². The first-order chi connectivity index (χ1) is 12.0. The smallest absolute Gasteiger partial charge is 0.320 e. The minimum Gasteiger partial charge on any atom is -0.480 e. The summed E-state index contributed by atoms with van der Waals surface area (Å²) in [5, 5.41) is 19.0. The van der Waals surface area contributed by atoms with Crippen LogP contribution in [-0.2, 0) is 9.53 Å². The van der Waals surface area contributed by atoms with Crippen LogP contribution in [-0.4, -0.2) is 65.5 Å². The second-order valence-corrected chi connectivity index (χ2v) is 6.97. The Morgan fingerprint density at radius 3 is 3.04 bits per heavy atom. The molecule has 1 aliphatic heterocycles. The molecule has 2 aromatic heterocycles. The third-order valence-corrected chi connectivity index (χ3v) is 5.16. The molecule has 4 atom stereocenters. The summed E-state index contributed by atoms with van der Waals surface area (Å²) in [6, 6.07) is -0.864. The largest absolute Gasteiger partial charge is 0.480 e. The van der Waals surface area contributed by atoms with Crippen LogP contribution >= 0.6 is 11.8 Å². The standard InChI is InChI=1S/C14H20N6O4S/c15-7(14(22)23)1-2-25-4-9-8(21)3-10(24-9)20-6-19-11-12(16)17-5-18-13(11)20/h5-10,21H,1-4,15H2,(H,22,23)(H2,16,17,18)/t7?,8-,9+,10+/m0/s1. The Kier molecular flexibility index (Phi) is 5.37. The number of hydrogen-bond donors (Lipinski definition) is 4. The van der Waals surface area contributed by atoms with Crippen molar-refractivity contribution in [2.24, 2.45) is 5.73 Å². The van der Waals surface area contributed by atoms with E-state index >= 15 is 0 Å². The fourth-order valence-electron chi connectivity index (χ4n) is 2.65. The quantitative estimate of drug-likeness (QED) is 0.472. The summed E-state index contributed by atoms with van der Waals surface area (Å²) < 4.78 is 7.66. The van der Waals surface area contributed by atoms with Crippen LogP contribution in [0.1, 0.15) is 19.1 Å². The van der Waals surface area contributed by atoms with Gasteiger partial charge in [0.25, 0.3) is 0 Å². The van der Waals surface area contributed by atoms with Crippen molar-refractivity contribution in [3.05, 3.63) is 12.7 Å². The van der Waals surface area contributed by atoms with Crippen LogP contribution in [0, 0.1) is 0 Å². The Morgan fingerprint density at radius 2 is 2.28 bits per heavy atom. The molecule has 1 saturated heterocycles. The van der Waals surface area contributed by atoms with Crippen molar-refractivity contribution in [3.63, 3.8) is 0 Å². The van der Waals surface area contributed by atoms with Crippen molar-refractivity contribution in [3.8, 4) is 0 Å². The SMILES string of the molecule is Nc1ncnc2c1ncn2[C@H]1C[C@H](O)[C@@H](CSCCC(N)C(=O)O)O1. The molecule has 0 bridgehead atoms. The lowest BCUT2D eigenvalue weighted by atomic mass is 10.2. The molecule has 1 aliphatic rings. The zero-order valence-electron chi connectivity index (χ0n) is 13.4. The van der Waals surface area contributed by atoms with Gasteiger partial charge in [0.15, 0.2) is 11.5 Å². The van der Waals surface area contributed by atoms with Gasteiger partial charge >= 0.3 is 5.97 Å². The summed E-state index contributed by atoms with van der Waals surface area (Å²) in [7, 11) is 0. The number of fused-ring (bicyclic) bond motifs is 1. The monoisotopic (exact) mass is 368 g/mol. The summed E-state index contributed by atoms with van der Waals surface area (Å²) >= 11 is 1.51. The second-order valence-electron chi connectivity index (χ2n) is 5.82. The van der Waals surface area contributed by atoms with Crippen molar-refractivity contribution < 1.29 is 19.7 Å². The number of thioether (sulfide) groups is 1. The number of aliphatic hydroxyl groups excluding tert-OH is 1. The van der Waals surface area contributed by atoms with Crippen LogP contribution in [0.5, 0.6) is 0 Å². The van der Waals surface area contributed by atoms with Gasteiger partial charge < -0.3 is 26.4 Å². The highest BCUT2D eigenvalue weighted by Gasteiger charge is 2.35. The highest BCUT2D eigenvalue weighted by atomic mass is 32.2. The van der Waals surface area contributed by atoms with Crippen LogP contribution in [0.3, 0.4) is 0 Å². The first kappa shape index (κ1) is 17.9. The molecule has 2 aromatic rings. The Hall–Kier alpha value is -1.95. The number of aromatic nitrogens is 4. The van der Waals surface area contributed by atoms with E-state index < -0.39 is 18.1 Å². The van der Waals surface area contributed by atoms with Crippen molar-refractivity contribution in [1.82, 2.24) is 19.5 Å². The Bertz CT molecular complexity index is 756. The zero-order chi connectivity index (χ0) is 18.0. The average molecular weight is 368 g/mol. The predicted octanol–water partition coefficient (Wildman–Crippen LogP) is -0.408. The number of carbonyl (C=O) groups is 1. The fraction of sp³-hybridized carbons (Fsp3) is 0.571. The number of nitrogens with zero attached hydrogens (tertiary/aromatic N) is 4. The molecule has 0 radical (unpaired) electrons. The molecule has 136 valence electrons. The van der Waals surface area contributed by atoms with E-state index in [2.05, 4.69) is 15.0 Å².